The highest BCUT2D eigenvalue weighted by Gasteiger charge is 2.16. The first-order valence-electron chi connectivity index (χ1n) is 6.39. The molecule has 0 fully saturated rings. The summed E-state index contributed by atoms with van der Waals surface area (Å²) in [6.07, 6.45) is 1.90. The minimum Gasteiger partial charge on any atom is -0.302 e. The lowest BCUT2D eigenvalue weighted by atomic mass is 10.1. The monoisotopic (exact) mass is 301 g/mol. The summed E-state index contributed by atoms with van der Waals surface area (Å²) in [6, 6.07) is 10.3. The number of imidazole rings is 1. The van der Waals surface area contributed by atoms with E-state index in [0.717, 1.165) is 16.9 Å². The smallest absolute Gasteiger partial charge is 0.270 e. The summed E-state index contributed by atoms with van der Waals surface area (Å²) in [6.45, 7) is 1.97. The van der Waals surface area contributed by atoms with E-state index in [1.807, 2.05) is 29.7 Å². The Labute approximate surface area is 126 Å². The average molecular weight is 302 g/mol. The lowest BCUT2D eigenvalue weighted by molar-refractivity contribution is -0.384. The molecule has 0 atom stereocenters. The molecule has 2 heterocycles. The van der Waals surface area contributed by atoms with Crippen LogP contribution in [0.1, 0.15) is 11.3 Å². The maximum absolute atomic E-state index is 10.9. The van der Waals surface area contributed by atoms with Crippen molar-refractivity contribution in [2.24, 2.45) is 0 Å². The lowest BCUT2D eigenvalue weighted by Gasteiger charge is -2.02. The summed E-state index contributed by atoms with van der Waals surface area (Å²) in [5, 5.41) is 10.9. The van der Waals surface area contributed by atoms with Gasteiger partial charge in [-0.2, -0.15) is 0 Å². The van der Waals surface area contributed by atoms with Gasteiger partial charge in [-0.05, 0) is 18.6 Å². The van der Waals surface area contributed by atoms with Gasteiger partial charge in [0.1, 0.15) is 5.65 Å². The van der Waals surface area contributed by atoms with E-state index in [-0.39, 0.29) is 11.6 Å². The molecule has 0 spiro atoms. The zero-order chi connectivity index (χ0) is 15.0. The second-order valence-electron chi connectivity index (χ2n) is 4.73. The molecule has 6 heteroatoms. The number of benzene rings is 1. The molecule has 106 valence electrons. The maximum atomic E-state index is 10.9. The van der Waals surface area contributed by atoms with Gasteiger partial charge in [0.2, 0.25) is 0 Å². The minimum atomic E-state index is -0.412. The quantitative estimate of drug-likeness (QED) is 0.418. The van der Waals surface area contributed by atoms with Gasteiger partial charge in [-0.1, -0.05) is 18.2 Å². The van der Waals surface area contributed by atoms with Crippen molar-refractivity contribution in [3.8, 4) is 11.3 Å². The molecule has 21 heavy (non-hydrogen) atoms. The van der Waals surface area contributed by atoms with E-state index in [1.165, 1.54) is 12.1 Å². The Bertz CT molecular complexity index is 842. The number of alkyl halides is 1. The first-order chi connectivity index (χ1) is 10.1. The molecule has 3 aromatic rings. The zero-order valence-electron chi connectivity index (χ0n) is 11.3. The number of hydrogen-bond donors (Lipinski definition) is 0. The van der Waals surface area contributed by atoms with Crippen LogP contribution in [0.2, 0.25) is 0 Å². The topological polar surface area (TPSA) is 60.4 Å². The molecule has 0 aliphatic rings. The Hall–Kier alpha value is -2.40. The Morgan fingerprint density at radius 1 is 1.33 bits per heavy atom. The summed E-state index contributed by atoms with van der Waals surface area (Å²) in [5.74, 6) is 0.280. The third-order valence-corrected chi connectivity index (χ3v) is 3.65. The minimum absolute atomic E-state index is 0.0433. The van der Waals surface area contributed by atoms with Crippen LogP contribution in [0.25, 0.3) is 16.9 Å². The van der Waals surface area contributed by atoms with Crippen molar-refractivity contribution >= 4 is 22.9 Å². The number of aromatic nitrogens is 2. The summed E-state index contributed by atoms with van der Waals surface area (Å²) in [5.41, 5.74) is 4.10. The van der Waals surface area contributed by atoms with Crippen LogP contribution in [0, 0.1) is 17.0 Å². The van der Waals surface area contributed by atoms with Gasteiger partial charge in [0.05, 0.1) is 22.2 Å². The van der Waals surface area contributed by atoms with Gasteiger partial charge >= 0.3 is 0 Å². The van der Waals surface area contributed by atoms with Gasteiger partial charge in [0.25, 0.3) is 5.69 Å². The molecule has 3 rings (SSSR count). The Morgan fingerprint density at radius 2 is 2.14 bits per heavy atom. The molecule has 0 bridgehead atoms. The Balaban J connectivity index is 2.27. The fourth-order valence-corrected chi connectivity index (χ4v) is 2.63. The predicted molar refractivity (Wildman–Crippen MR) is 81.6 cm³/mol. The fourth-order valence-electron chi connectivity index (χ4n) is 2.38. The van der Waals surface area contributed by atoms with Crippen LogP contribution in [0.15, 0.2) is 42.6 Å². The summed E-state index contributed by atoms with van der Waals surface area (Å²) in [7, 11) is 0. The van der Waals surface area contributed by atoms with Crippen LogP contribution in [-0.4, -0.2) is 14.3 Å². The van der Waals surface area contributed by atoms with Crippen LogP contribution < -0.4 is 0 Å². The number of fused-ring (bicyclic) bond motifs is 1. The number of rotatable bonds is 3. The van der Waals surface area contributed by atoms with Crippen molar-refractivity contribution in [3.05, 3.63) is 64.0 Å². The zero-order valence-corrected chi connectivity index (χ0v) is 12.0. The lowest BCUT2D eigenvalue weighted by Crippen LogP contribution is -1.92. The molecule has 0 aliphatic carbocycles. The largest absolute Gasteiger partial charge is 0.302 e. The van der Waals surface area contributed by atoms with Crippen molar-refractivity contribution in [2.45, 2.75) is 12.8 Å². The highest BCUT2D eigenvalue weighted by Crippen LogP contribution is 2.29. The standard InChI is InChI=1S/C15H12ClN3O2/c1-10-4-3-7-18-13(9-16)14(17-15(10)18)11-5-2-6-12(8-11)19(20)21/h2-8H,9H2,1H3. The molecule has 1 aromatic carbocycles. The van der Waals surface area contributed by atoms with Crippen molar-refractivity contribution in [1.29, 1.82) is 0 Å². The molecule has 0 saturated heterocycles. The SMILES string of the molecule is Cc1cccn2c(CCl)c(-c3cccc([N+](=O)[O-])c3)nc12. The van der Waals surface area contributed by atoms with Crippen LogP contribution >= 0.6 is 11.6 Å². The van der Waals surface area contributed by atoms with E-state index in [1.54, 1.807) is 12.1 Å². The number of pyridine rings is 1. The van der Waals surface area contributed by atoms with Crippen molar-refractivity contribution in [2.75, 3.05) is 0 Å². The highest BCUT2D eigenvalue weighted by molar-refractivity contribution is 6.17. The maximum Gasteiger partial charge on any atom is 0.270 e. The molecular weight excluding hydrogens is 290 g/mol. The number of hydrogen-bond acceptors (Lipinski definition) is 3. The van der Waals surface area contributed by atoms with Gasteiger partial charge < -0.3 is 4.40 Å². The van der Waals surface area contributed by atoms with E-state index in [0.29, 0.717) is 11.3 Å². The fraction of sp³-hybridized carbons (Fsp3) is 0.133. The third-order valence-electron chi connectivity index (χ3n) is 3.40. The van der Waals surface area contributed by atoms with Gasteiger partial charge in [-0.3, -0.25) is 10.1 Å². The number of nitro groups is 1. The molecule has 0 N–H and O–H groups in total. The van der Waals surface area contributed by atoms with Gasteiger partial charge in [-0.15, -0.1) is 11.6 Å². The first kappa shape index (κ1) is 13.6. The molecule has 0 unspecified atom stereocenters. The average Bonchev–Trinajstić information content (AvgIpc) is 2.87. The number of non-ortho nitro benzene ring substituents is 1. The van der Waals surface area contributed by atoms with E-state index in [2.05, 4.69) is 4.98 Å². The Kier molecular flexibility index (Phi) is 3.35. The molecule has 0 saturated carbocycles. The van der Waals surface area contributed by atoms with Crippen LogP contribution in [0.3, 0.4) is 0 Å². The molecule has 0 radical (unpaired) electrons. The van der Waals surface area contributed by atoms with E-state index < -0.39 is 4.92 Å². The summed E-state index contributed by atoms with van der Waals surface area (Å²) >= 11 is 6.06. The van der Waals surface area contributed by atoms with E-state index in [4.69, 9.17) is 11.6 Å². The number of aryl methyl sites for hydroxylation is 1. The Morgan fingerprint density at radius 3 is 2.86 bits per heavy atom. The molecule has 2 aromatic heterocycles. The first-order valence-corrected chi connectivity index (χ1v) is 6.92. The van der Waals surface area contributed by atoms with Crippen LogP contribution in [0.5, 0.6) is 0 Å². The molecular formula is C15H12ClN3O2. The molecule has 0 amide bonds. The predicted octanol–water partition coefficient (Wildman–Crippen LogP) is 3.96. The van der Waals surface area contributed by atoms with E-state index in [9.17, 15) is 10.1 Å². The number of nitrogens with zero attached hydrogens (tertiary/aromatic N) is 3. The number of halogens is 1. The summed E-state index contributed by atoms with van der Waals surface area (Å²) in [4.78, 5) is 15.1. The second kappa shape index (κ2) is 5.18. The molecule has 0 aliphatic heterocycles. The van der Waals surface area contributed by atoms with Gasteiger partial charge in [-0.25, -0.2) is 4.98 Å². The van der Waals surface area contributed by atoms with E-state index >= 15 is 0 Å². The second-order valence-corrected chi connectivity index (χ2v) is 5.00. The van der Waals surface area contributed by atoms with Crippen molar-refractivity contribution < 1.29 is 4.92 Å². The van der Waals surface area contributed by atoms with Crippen molar-refractivity contribution in [1.82, 2.24) is 9.38 Å². The normalized spacial score (nSPS) is 11.0. The van der Waals surface area contributed by atoms with Gasteiger partial charge in [0.15, 0.2) is 0 Å². The van der Waals surface area contributed by atoms with Crippen LogP contribution in [-0.2, 0) is 5.88 Å². The third kappa shape index (κ3) is 2.25. The van der Waals surface area contributed by atoms with Crippen molar-refractivity contribution in [3.63, 3.8) is 0 Å². The molecule has 5 nitrogen and oxygen atoms in total. The number of nitro benzene ring substituents is 1. The summed E-state index contributed by atoms with van der Waals surface area (Å²) < 4.78 is 1.93. The highest BCUT2D eigenvalue weighted by atomic mass is 35.5. The van der Waals surface area contributed by atoms with Gasteiger partial charge in [0, 0.05) is 23.9 Å². The van der Waals surface area contributed by atoms with Crippen LogP contribution in [0.4, 0.5) is 5.69 Å².